The largest absolute Gasteiger partial charge is 0.343 e. The lowest BCUT2D eigenvalue weighted by atomic mass is 10.0. The highest BCUT2D eigenvalue weighted by atomic mass is 127. The van der Waals surface area contributed by atoms with E-state index < -0.39 is 12.0 Å². The van der Waals surface area contributed by atoms with Crippen LogP contribution in [0.15, 0.2) is 36.3 Å². The maximum atomic E-state index is 13.1. The van der Waals surface area contributed by atoms with Crippen LogP contribution in [0.2, 0.25) is 0 Å². The van der Waals surface area contributed by atoms with Gasteiger partial charge in [0.2, 0.25) is 11.8 Å². The predicted octanol–water partition coefficient (Wildman–Crippen LogP) is 3.61. The Morgan fingerprint density at radius 1 is 0.875 bits per heavy atom. The molecule has 1 saturated heterocycles. The van der Waals surface area contributed by atoms with E-state index in [1.165, 1.54) is 0 Å². The Hall–Kier alpha value is -1.58. The third-order valence-corrected chi connectivity index (χ3v) is 4.92. The Bertz CT molecular complexity index is 619. The maximum Gasteiger partial charge on any atom is 0.322 e. The lowest BCUT2D eigenvalue weighted by molar-refractivity contribution is -0.130. The summed E-state index contributed by atoms with van der Waals surface area (Å²) in [5.74, 6) is -1.53. The van der Waals surface area contributed by atoms with Gasteiger partial charge >= 0.3 is 6.08 Å². The number of amides is 2. The first-order valence-corrected chi connectivity index (χ1v) is 8.40. The summed E-state index contributed by atoms with van der Waals surface area (Å²) in [6.45, 7) is 0.611. The van der Waals surface area contributed by atoms with Gasteiger partial charge in [-0.3, -0.25) is 9.59 Å². The molecule has 0 spiro atoms. The van der Waals surface area contributed by atoms with E-state index in [2.05, 4.69) is 0 Å². The fraction of sp³-hybridized carbons (Fsp3) is 0.375. The van der Waals surface area contributed by atoms with E-state index in [9.17, 15) is 22.8 Å². The molecule has 0 radical (unpaired) electrons. The van der Waals surface area contributed by atoms with E-state index in [1.807, 2.05) is 24.3 Å². The van der Waals surface area contributed by atoms with Gasteiger partial charge in [0.25, 0.3) is 5.95 Å². The molecule has 0 aliphatic carbocycles. The topological polar surface area (TPSA) is 40.6 Å². The first-order valence-electron chi connectivity index (χ1n) is 7.44. The maximum absolute atomic E-state index is 13.1. The van der Waals surface area contributed by atoms with Gasteiger partial charge < -0.3 is 4.90 Å². The Morgan fingerprint density at radius 2 is 1.33 bits per heavy atom. The van der Waals surface area contributed by atoms with Crippen LogP contribution >= 0.6 is 22.9 Å². The standard InChI is InChI=1S/C12H12F3N.C4H4INO2/c13-11(14)12(15)16-7-5-9-3-1-2-4-10(9)6-8-16;5-6-3(7)1-2-4(6)8/h1-4H,5-8H2;1-2H2. The van der Waals surface area contributed by atoms with Crippen molar-refractivity contribution in [1.82, 2.24) is 8.01 Å². The van der Waals surface area contributed by atoms with Crippen LogP contribution in [0.4, 0.5) is 13.2 Å². The Kier molecular flexibility index (Phi) is 6.64. The minimum Gasteiger partial charge on any atom is -0.343 e. The lowest BCUT2D eigenvalue weighted by Gasteiger charge is -2.18. The fourth-order valence-electron chi connectivity index (χ4n) is 2.53. The number of rotatable bonds is 1. The molecule has 1 fully saturated rings. The lowest BCUT2D eigenvalue weighted by Crippen LogP contribution is -2.24. The zero-order chi connectivity index (χ0) is 17.7. The Morgan fingerprint density at radius 3 is 1.67 bits per heavy atom. The zero-order valence-corrected chi connectivity index (χ0v) is 14.9. The van der Waals surface area contributed by atoms with Crippen molar-refractivity contribution in [2.45, 2.75) is 25.7 Å². The minimum atomic E-state index is -2.23. The minimum absolute atomic E-state index is 0.0735. The van der Waals surface area contributed by atoms with Crippen molar-refractivity contribution < 1.29 is 22.8 Å². The van der Waals surface area contributed by atoms with Crippen LogP contribution in [0.5, 0.6) is 0 Å². The molecule has 1 aromatic rings. The van der Waals surface area contributed by atoms with Crippen molar-refractivity contribution in [1.29, 1.82) is 0 Å². The van der Waals surface area contributed by atoms with Gasteiger partial charge in [0.1, 0.15) is 0 Å². The highest BCUT2D eigenvalue weighted by molar-refractivity contribution is 14.1. The average Bonchev–Trinajstić information content (AvgIpc) is 2.79. The predicted molar refractivity (Wildman–Crippen MR) is 90.9 cm³/mol. The molecule has 2 aliphatic rings. The van der Waals surface area contributed by atoms with Crippen LogP contribution < -0.4 is 0 Å². The second kappa shape index (κ2) is 8.50. The van der Waals surface area contributed by atoms with Gasteiger partial charge in [0.15, 0.2) is 0 Å². The monoisotopic (exact) mass is 452 g/mol. The first-order chi connectivity index (χ1) is 11.4. The number of carbonyl (C=O) groups excluding carboxylic acids is 2. The number of halogens is 4. The number of hydrogen-bond donors (Lipinski definition) is 0. The van der Waals surface area contributed by atoms with Crippen LogP contribution in [-0.2, 0) is 22.4 Å². The highest BCUT2D eigenvalue weighted by Crippen LogP contribution is 2.21. The molecule has 0 unspecified atom stereocenters. The summed E-state index contributed by atoms with van der Waals surface area (Å²) in [6.07, 6.45) is -0.233. The van der Waals surface area contributed by atoms with Crippen molar-refractivity contribution in [3.63, 3.8) is 0 Å². The number of imide groups is 1. The van der Waals surface area contributed by atoms with Crippen molar-refractivity contribution in [2.24, 2.45) is 0 Å². The summed E-state index contributed by atoms with van der Waals surface area (Å²) >= 11 is 1.72. The summed E-state index contributed by atoms with van der Waals surface area (Å²) < 4.78 is 38.5. The number of carbonyl (C=O) groups is 2. The molecule has 4 nitrogen and oxygen atoms in total. The fourth-order valence-corrected chi connectivity index (χ4v) is 3.02. The van der Waals surface area contributed by atoms with Gasteiger partial charge in [-0.25, -0.2) is 3.11 Å². The van der Waals surface area contributed by atoms with Gasteiger partial charge in [0, 0.05) is 25.9 Å². The Balaban J connectivity index is 0.000000219. The third kappa shape index (κ3) is 4.71. The number of fused-ring (bicyclic) bond motifs is 1. The van der Waals surface area contributed by atoms with Crippen LogP contribution in [0, 0.1) is 0 Å². The normalized spacial score (nSPS) is 17.0. The molecule has 0 aromatic heterocycles. The van der Waals surface area contributed by atoms with Crippen molar-refractivity contribution in [3.8, 4) is 0 Å². The Labute approximate surface area is 151 Å². The van der Waals surface area contributed by atoms with Gasteiger partial charge in [-0.2, -0.15) is 13.2 Å². The van der Waals surface area contributed by atoms with Gasteiger partial charge in [0.05, 0.1) is 22.9 Å². The second-order valence-electron chi connectivity index (χ2n) is 5.38. The van der Waals surface area contributed by atoms with Gasteiger partial charge in [-0.05, 0) is 24.0 Å². The molecule has 0 bridgehead atoms. The van der Waals surface area contributed by atoms with E-state index in [0.717, 1.165) is 19.1 Å². The van der Waals surface area contributed by atoms with Crippen molar-refractivity contribution >= 4 is 34.7 Å². The number of hydrogen-bond acceptors (Lipinski definition) is 3. The average molecular weight is 452 g/mol. The van der Waals surface area contributed by atoms with Crippen LogP contribution in [0.1, 0.15) is 24.0 Å². The molecule has 130 valence electrons. The van der Waals surface area contributed by atoms with E-state index in [-0.39, 0.29) is 11.8 Å². The molecule has 2 amide bonds. The number of nitrogens with zero attached hydrogens (tertiary/aromatic N) is 2. The van der Waals surface area contributed by atoms with E-state index >= 15 is 0 Å². The van der Waals surface area contributed by atoms with E-state index in [0.29, 0.717) is 38.8 Å². The van der Waals surface area contributed by atoms with Crippen LogP contribution in [-0.4, -0.2) is 32.9 Å². The summed E-state index contributed by atoms with van der Waals surface area (Å²) in [6, 6.07) is 7.76. The molecule has 2 aliphatic heterocycles. The van der Waals surface area contributed by atoms with Crippen LogP contribution in [0.25, 0.3) is 0 Å². The second-order valence-corrected chi connectivity index (χ2v) is 6.34. The molecule has 24 heavy (non-hydrogen) atoms. The van der Waals surface area contributed by atoms with E-state index in [1.54, 1.807) is 22.9 Å². The molecule has 3 rings (SSSR count). The van der Waals surface area contributed by atoms with Gasteiger partial charge in [-0.1, -0.05) is 24.3 Å². The summed E-state index contributed by atoms with van der Waals surface area (Å²) in [4.78, 5) is 22.1. The third-order valence-electron chi connectivity index (χ3n) is 3.84. The molecule has 0 atom stereocenters. The summed E-state index contributed by atoms with van der Waals surface area (Å²) in [7, 11) is 0. The SMILES string of the molecule is FC(F)=C(F)N1CCc2ccccc2CC1.O=C1CCC(=O)N1I. The molecule has 1 aromatic carbocycles. The quantitative estimate of drug-likeness (QED) is 0.283. The summed E-state index contributed by atoms with van der Waals surface area (Å²) in [5, 5.41) is 0. The molecule has 0 N–H and O–H groups in total. The highest BCUT2D eigenvalue weighted by Gasteiger charge is 2.26. The number of benzene rings is 1. The molecule has 8 heteroatoms. The van der Waals surface area contributed by atoms with Crippen molar-refractivity contribution in [3.05, 3.63) is 47.4 Å². The van der Waals surface area contributed by atoms with Gasteiger partial charge in [-0.15, -0.1) is 0 Å². The molecular weight excluding hydrogens is 436 g/mol. The van der Waals surface area contributed by atoms with Crippen LogP contribution in [0.3, 0.4) is 0 Å². The van der Waals surface area contributed by atoms with Crippen molar-refractivity contribution in [2.75, 3.05) is 13.1 Å². The smallest absolute Gasteiger partial charge is 0.322 e. The molecular formula is C16H16F3IN2O2. The summed E-state index contributed by atoms with van der Waals surface area (Å²) in [5.41, 5.74) is 2.24. The first kappa shape index (κ1) is 18.8. The molecule has 0 saturated carbocycles. The molecule has 2 heterocycles. The zero-order valence-electron chi connectivity index (χ0n) is 12.8. The van der Waals surface area contributed by atoms with E-state index in [4.69, 9.17) is 0 Å².